The molecule has 1 fully saturated rings. The van der Waals surface area contributed by atoms with Crippen molar-refractivity contribution in [3.63, 3.8) is 0 Å². The normalized spacial score (nSPS) is 16.4. The number of nitriles is 1. The van der Waals surface area contributed by atoms with Crippen molar-refractivity contribution in [3.05, 3.63) is 27.9 Å². The minimum absolute atomic E-state index is 0.0425. The highest BCUT2D eigenvalue weighted by atomic mass is 16.6. The number of nitro groups is 1. The zero-order chi connectivity index (χ0) is 15.2. The third kappa shape index (κ3) is 3.67. The Morgan fingerprint density at radius 3 is 2.86 bits per heavy atom. The van der Waals surface area contributed by atoms with E-state index in [2.05, 4.69) is 22.1 Å². The third-order valence-corrected chi connectivity index (χ3v) is 3.70. The molecule has 0 amide bonds. The van der Waals surface area contributed by atoms with Crippen molar-refractivity contribution in [2.45, 2.75) is 32.2 Å². The van der Waals surface area contributed by atoms with E-state index in [4.69, 9.17) is 5.26 Å². The Labute approximate surface area is 123 Å². The highest BCUT2D eigenvalue weighted by molar-refractivity contribution is 5.64. The maximum atomic E-state index is 11.1. The van der Waals surface area contributed by atoms with Gasteiger partial charge in [0.1, 0.15) is 11.6 Å². The van der Waals surface area contributed by atoms with E-state index in [1.807, 2.05) is 6.07 Å². The third-order valence-electron chi connectivity index (χ3n) is 3.70. The molecule has 7 nitrogen and oxygen atoms in total. The maximum Gasteiger partial charge on any atom is 0.328 e. The summed E-state index contributed by atoms with van der Waals surface area (Å²) in [6, 6.07) is 3.38. The van der Waals surface area contributed by atoms with E-state index in [9.17, 15) is 10.1 Å². The van der Waals surface area contributed by atoms with Crippen LogP contribution in [0.25, 0.3) is 0 Å². The smallest absolute Gasteiger partial charge is 0.328 e. The van der Waals surface area contributed by atoms with Gasteiger partial charge < -0.3 is 10.2 Å². The van der Waals surface area contributed by atoms with Gasteiger partial charge >= 0.3 is 5.69 Å². The molecule has 0 aliphatic carbocycles. The number of nitrogens with zero attached hydrogens (tertiary/aromatic N) is 4. The number of pyridine rings is 1. The largest absolute Gasteiger partial charge is 0.361 e. The first kappa shape index (κ1) is 15.2. The van der Waals surface area contributed by atoms with Crippen LogP contribution in [0, 0.1) is 21.4 Å². The molecule has 0 spiro atoms. The van der Waals surface area contributed by atoms with Crippen molar-refractivity contribution in [3.8, 4) is 6.07 Å². The SMILES string of the molecule is CCCN1CCC(Nc2nccc(C#N)c2[N+](=O)[O-])CC1. The number of hydrogen-bond acceptors (Lipinski definition) is 6. The van der Waals surface area contributed by atoms with E-state index >= 15 is 0 Å². The summed E-state index contributed by atoms with van der Waals surface area (Å²) in [5, 5.41) is 23.3. The molecule has 21 heavy (non-hydrogen) atoms. The summed E-state index contributed by atoms with van der Waals surface area (Å²) >= 11 is 0. The molecular weight excluding hydrogens is 270 g/mol. The van der Waals surface area contributed by atoms with E-state index in [1.165, 1.54) is 12.3 Å². The monoisotopic (exact) mass is 289 g/mol. The average molecular weight is 289 g/mol. The molecule has 1 aliphatic heterocycles. The van der Waals surface area contributed by atoms with Crippen LogP contribution in [0.4, 0.5) is 11.5 Å². The lowest BCUT2D eigenvalue weighted by atomic mass is 10.0. The second-order valence-electron chi connectivity index (χ2n) is 5.18. The first-order chi connectivity index (χ1) is 10.2. The Kier molecular flexibility index (Phi) is 5.06. The van der Waals surface area contributed by atoms with Crippen LogP contribution >= 0.6 is 0 Å². The maximum absolute atomic E-state index is 11.1. The lowest BCUT2D eigenvalue weighted by Crippen LogP contribution is -2.39. The highest BCUT2D eigenvalue weighted by Crippen LogP contribution is 2.27. The van der Waals surface area contributed by atoms with Gasteiger partial charge in [-0.3, -0.25) is 10.1 Å². The average Bonchev–Trinajstić information content (AvgIpc) is 2.49. The quantitative estimate of drug-likeness (QED) is 0.659. The summed E-state index contributed by atoms with van der Waals surface area (Å²) in [7, 11) is 0. The van der Waals surface area contributed by atoms with E-state index in [-0.39, 0.29) is 23.1 Å². The van der Waals surface area contributed by atoms with Crippen molar-refractivity contribution in [1.82, 2.24) is 9.88 Å². The molecule has 1 aliphatic rings. The number of nitrogens with one attached hydrogen (secondary N) is 1. The van der Waals surface area contributed by atoms with Gasteiger partial charge in [-0.15, -0.1) is 0 Å². The molecule has 2 rings (SSSR count). The van der Waals surface area contributed by atoms with Crippen molar-refractivity contribution in [2.75, 3.05) is 25.0 Å². The zero-order valence-electron chi connectivity index (χ0n) is 12.1. The van der Waals surface area contributed by atoms with Gasteiger partial charge in [-0.25, -0.2) is 4.98 Å². The fourth-order valence-corrected chi connectivity index (χ4v) is 2.65. The fourth-order valence-electron chi connectivity index (χ4n) is 2.65. The predicted molar refractivity (Wildman–Crippen MR) is 79.0 cm³/mol. The van der Waals surface area contributed by atoms with Gasteiger partial charge in [-0.2, -0.15) is 5.26 Å². The second-order valence-corrected chi connectivity index (χ2v) is 5.18. The molecule has 0 unspecified atom stereocenters. The summed E-state index contributed by atoms with van der Waals surface area (Å²) < 4.78 is 0. The van der Waals surface area contributed by atoms with Crippen LogP contribution in [0.3, 0.4) is 0 Å². The predicted octanol–water partition coefficient (Wildman–Crippen LogP) is 2.15. The standard InChI is InChI=1S/C14H19N5O2/c1-2-7-18-8-4-12(5-9-18)17-14-13(19(20)21)11(10-15)3-6-16-14/h3,6,12H,2,4-5,7-9H2,1H3,(H,16,17). The number of piperidine rings is 1. The van der Waals surface area contributed by atoms with Crippen LogP contribution in [0.15, 0.2) is 12.3 Å². The molecule has 0 saturated carbocycles. The Balaban J connectivity index is 2.07. The Morgan fingerprint density at radius 1 is 1.57 bits per heavy atom. The van der Waals surface area contributed by atoms with Gasteiger partial charge in [0, 0.05) is 25.3 Å². The summed E-state index contributed by atoms with van der Waals surface area (Å²) in [5.41, 5.74) is -0.183. The van der Waals surface area contributed by atoms with Crippen molar-refractivity contribution < 1.29 is 4.92 Å². The summed E-state index contributed by atoms with van der Waals surface area (Å²) in [6.07, 6.45) is 4.42. The highest BCUT2D eigenvalue weighted by Gasteiger charge is 2.25. The van der Waals surface area contributed by atoms with E-state index in [0.717, 1.165) is 38.9 Å². The zero-order valence-corrected chi connectivity index (χ0v) is 12.1. The Hall–Kier alpha value is -2.20. The number of aromatic nitrogens is 1. The number of hydrogen-bond donors (Lipinski definition) is 1. The number of anilines is 1. The first-order valence-corrected chi connectivity index (χ1v) is 7.18. The minimum Gasteiger partial charge on any atom is -0.361 e. The first-order valence-electron chi connectivity index (χ1n) is 7.18. The van der Waals surface area contributed by atoms with Crippen LogP contribution in [0.1, 0.15) is 31.7 Å². The van der Waals surface area contributed by atoms with Gasteiger partial charge in [0.05, 0.1) is 4.92 Å². The van der Waals surface area contributed by atoms with Crippen LogP contribution in [0.2, 0.25) is 0 Å². The van der Waals surface area contributed by atoms with Crippen molar-refractivity contribution in [2.24, 2.45) is 0 Å². The fraction of sp³-hybridized carbons (Fsp3) is 0.571. The Bertz CT molecular complexity index is 547. The summed E-state index contributed by atoms with van der Waals surface area (Å²) in [6.45, 7) is 5.22. The number of likely N-dealkylation sites (tertiary alicyclic amines) is 1. The second kappa shape index (κ2) is 6.99. The molecule has 0 radical (unpaired) electrons. The van der Waals surface area contributed by atoms with Gasteiger partial charge in [-0.05, 0) is 31.9 Å². The topological polar surface area (TPSA) is 95.1 Å². The van der Waals surface area contributed by atoms with E-state index in [0.29, 0.717) is 0 Å². The molecule has 0 atom stereocenters. The van der Waals surface area contributed by atoms with Gasteiger partial charge in [0.25, 0.3) is 0 Å². The van der Waals surface area contributed by atoms with Crippen molar-refractivity contribution >= 4 is 11.5 Å². The molecule has 1 saturated heterocycles. The summed E-state index contributed by atoms with van der Waals surface area (Å²) in [4.78, 5) is 17.0. The number of rotatable bonds is 5. The lowest BCUT2D eigenvalue weighted by Gasteiger charge is -2.32. The van der Waals surface area contributed by atoms with Crippen LogP contribution < -0.4 is 5.32 Å². The van der Waals surface area contributed by atoms with Gasteiger partial charge in [0.2, 0.25) is 5.82 Å². The molecule has 1 aromatic heterocycles. The molecule has 0 aromatic carbocycles. The van der Waals surface area contributed by atoms with E-state index < -0.39 is 4.92 Å². The molecule has 1 N–H and O–H groups in total. The molecular formula is C14H19N5O2. The molecule has 112 valence electrons. The van der Waals surface area contributed by atoms with Gasteiger partial charge in [0.15, 0.2) is 0 Å². The van der Waals surface area contributed by atoms with Crippen LogP contribution in [-0.2, 0) is 0 Å². The minimum atomic E-state index is -0.542. The Morgan fingerprint density at radius 2 is 2.29 bits per heavy atom. The lowest BCUT2D eigenvalue weighted by molar-refractivity contribution is -0.384. The molecule has 1 aromatic rings. The van der Waals surface area contributed by atoms with E-state index in [1.54, 1.807) is 0 Å². The van der Waals surface area contributed by atoms with Gasteiger partial charge in [-0.1, -0.05) is 6.92 Å². The van der Waals surface area contributed by atoms with Crippen LogP contribution in [0.5, 0.6) is 0 Å². The van der Waals surface area contributed by atoms with Crippen LogP contribution in [-0.4, -0.2) is 40.5 Å². The van der Waals surface area contributed by atoms with Crippen molar-refractivity contribution in [1.29, 1.82) is 5.26 Å². The molecule has 0 bridgehead atoms. The molecule has 2 heterocycles. The summed E-state index contributed by atoms with van der Waals surface area (Å²) in [5.74, 6) is 0.202. The molecule has 7 heteroatoms.